The van der Waals surface area contributed by atoms with Crippen LogP contribution in [0.3, 0.4) is 0 Å². The first-order valence-electron chi connectivity index (χ1n) is 13.3. The van der Waals surface area contributed by atoms with Gasteiger partial charge in [0.15, 0.2) is 0 Å². The first kappa shape index (κ1) is 28.5. The van der Waals surface area contributed by atoms with Gasteiger partial charge in [-0.05, 0) is 63.9 Å². The lowest BCUT2D eigenvalue weighted by Crippen LogP contribution is -2.57. The molecule has 41 heavy (non-hydrogen) atoms. The van der Waals surface area contributed by atoms with Gasteiger partial charge in [-0.15, -0.1) is 0 Å². The molecular formula is C29H32BrN5O6. The number of anilines is 2. The van der Waals surface area contributed by atoms with Crippen LogP contribution in [0.4, 0.5) is 16.2 Å². The number of likely N-dealkylation sites (tertiary alicyclic amines) is 1. The normalized spacial score (nSPS) is 16.9. The van der Waals surface area contributed by atoms with Crippen LogP contribution in [0.2, 0.25) is 0 Å². The summed E-state index contributed by atoms with van der Waals surface area (Å²) in [5.74, 6) is -1.69. The predicted octanol–water partition coefficient (Wildman–Crippen LogP) is 4.31. The van der Waals surface area contributed by atoms with Crippen LogP contribution in [-0.4, -0.2) is 71.1 Å². The Bertz CT molecular complexity index is 1510. The molecule has 1 aromatic heterocycles. The molecule has 2 aromatic carbocycles. The number of nitrogens with two attached hydrogens (primary N) is 1. The lowest BCUT2D eigenvalue weighted by Gasteiger charge is -2.43. The molecule has 4 amide bonds. The van der Waals surface area contributed by atoms with Crippen molar-refractivity contribution in [1.82, 2.24) is 9.80 Å². The monoisotopic (exact) mass is 625 g/mol. The van der Waals surface area contributed by atoms with Gasteiger partial charge in [0.2, 0.25) is 11.7 Å². The number of piperidine rings is 1. The molecule has 0 saturated carbocycles. The summed E-state index contributed by atoms with van der Waals surface area (Å²) in [5.41, 5.74) is 5.36. The number of halogens is 1. The third kappa shape index (κ3) is 5.61. The van der Waals surface area contributed by atoms with Crippen molar-refractivity contribution < 1.29 is 28.3 Å². The molecule has 3 aromatic rings. The van der Waals surface area contributed by atoms with E-state index >= 15 is 0 Å². The van der Waals surface area contributed by atoms with Crippen LogP contribution in [0.15, 0.2) is 57.4 Å². The first-order valence-corrected chi connectivity index (χ1v) is 14.1. The predicted molar refractivity (Wildman–Crippen MR) is 156 cm³/mol. The highest BCUT2D eigenvalue weighted by Gasteiger charge is 2.54. The standard InChI is InChI=1S/C29H32BrN5O6/c1-28(2,3)41-27(39)33-13-11-29(12-14-33)26(38)34(17-35(29)19-7-5-4-6-8-19)16-22(36)32-23-20-15-18(30)9-10-21(20)40-24(23)25(31)37/h4-10,15H,11-14,16-17H2,1-3H3,(H2,31,37)(H,32,36). The van der Waals surface area contributed by atoms with Crippen molar-refractivity contribution in [3.05, 3.63) is 58.8 Å². The molecule has 2 aliphatic heterocycles. The summed E-state index contributed by atoms with van der Waals surface area (Å²) >= 11 is 3.39. The van der Waals surface area contributed by atoms with Crippen molar-refractivity contribution in [2.24, 2.45) is 5.73 Å². The zero-order valence-corrected chi connectivity index (χ0v) is 24.7. The van der Waals surface area contributed by atoms with E-state index in [9.17, 15) is 19.2 Å². The fraction of sp³-hybridized carbons (Fsp3) is 0.379. The average molecular weight is 627 g/mol. The van der Waals surface area contributed by atoms with Crippen molar-refractivity contribution in [1.29, 1.82) is 0 Å². The summed E-state index contributed by atoms with van der Waals surface area (Å²) in [6, 6.07) is 14.7. The Balaban J connectivity index is 1.37. The third-order valence-corrected chi connectivity index (χ3v) is 7.79. The number of carbonyl (C=O) groups is 4. The molecule has 0 unspecified atom stereocenters. The molecule has 0 aliphatic carbocycles. The number of primary amides is 1. The molecule has 11 nitrogen and oxygen atoms in total. The van der Waals surface area contributed by atoms with E-state index in [4.69, 9.17) is 14.9 Å². The van der Waals surface area contributed by atoms with E-state index in [-0.39, 0.29) is 30.6 Å². The molecule has 2 saturated heterocycles. The van der Waals surface area contributed by atoms with Gasteiger partial charge in [-0.1, -0.05) is 34.1 Å². The van der Waals surface area contributed by atoms with E-state index in [1.807, 2.05) is 56.0 Å². The van der Waals surface area contributed by atoms with Crippen LogP contribution < -0.4 is 16.0 Å². The van der Waals surface area contributed by atoms with Crippen LogP contribution >= 0.6 is 15.9 Å². The summed E-state index contributed by atoms with van der Waals surface area (Å²) in [6.07, 6.45) is 0.346. The summed E-state index contributed by atoms with van der Waals surface area (Å²) in [6.45, 7) is 6.04. The number of amides is 4. The molecule has 5 rings (SSSR count). The maximum Gasteiger partial charge on any atom is 0.410 e. The quantitative estimate of drug-likeness (QED) is 0.431. The number of hydrogen-bond donors (Lipinski definition) is 2. The zero-order valence-electron chi connectivity index (χ0n) is 23.1. The summed E-state index contributed by atoms with van der Waals surface area (Å²) in [5, 5.41) is 3.25. The lowest BCUT2D eigenvalue weighted by molar-refractivity contribution is -0.136. The van der Waals surface area contributed by atoms with Gasteiger partial charge in [0.05, 0.1) is 6.67 Å². The van der Waals surface area contributed by atoms with E-state index in [2.05, 4.69) is 21.2 Å². The number of benzene rings is 2. The maximum atomic E-state index is 14.0. The highest BCUT2D eigenvalue weighted by molar-refractivity contribution is 9.10. The molecule has 3 N–H and O–H groups in total. The second-order valence-corrected chi connectivity index (χ2v) is 12.2. The molecule has 2 fully saturated rings. The summed E-state index contributed by atoms with van der Waals surface area (Å²) in [4.78, 5) is 57.2. The fourth-order valence-electron chi connectivity index (χ4n) is 5.43. The maximum absolute atomic E-state index is 14.0. The largest absolute Gasteiger partial charge is 0.449 e. The van der Waals surface area contributed by atoms with Gasteiger partial charge in [0, 0.05) is 28.6 Å². The Kier molecular flexibility index (Phi) is 7.45. The number of carbonyl (C=O) groups excluding carboxylic acids is 4. The molecule has 0 bridgehead atoms. The summed E-state index contributed by atoms with van der Waals surface area (Å²) in [7, 11) is 0. The van der Waals surface area contributed by atoms with Crippen molar-refractivity contribution >= 4 is 62.1 Å². The topological polar surface area (TPSA) is 138 Å². The van der Waals surface area contributed by atoms with Crippen LogP contribution in [0, 0.1) is 0 Å². The van der Waals surface area contributed by atoms with E-state index in [0.717, 1.165) is 10.2 Å². The van der Waals surface area contributed by atoms with Gasteiger partial charge >= 0.3 is 6.09 Å². The number of nitrogens with one attached hydrogen (secondary N) is 1. The third-order valence-electron chi connectivity index (χ3n) is 7.30. The van der Waals surface area contributed by atoms with Crippen molar-refractivity contribution in [2.45, 2.75) is 44.8 Å². The molecule has 12 heteroatoms. The van der Waals surface area contributed by atoms with Gasteiger partial charge in [0.25, 0.3) is 11.8 Å². The van der Waals surface area contributed by atoms with E-state index in [0.29, 0.717) is 36.9 Å². The Morgan fingerprint density at radius 2 is 1.78 bits per heavy atom. The number of rotatable bonds is 5. The number of furan rings is 1. The average Bonchev–Trinajstić information content (AvgIpc) is 3.39. The van der Waals surface area contributed by atoms with Crippen molar-refractivity contribution in [3.63, 3.8) is 0 Å². The SMILES string of the molecule is CC(C)(C)OC(=O)N1CCC2(CC1)C(=O)N(CC(=O)Nc1c(C(N)=O)oc3ccc(Br)cc13)CN2c1ccccc1. The zero-order chi connectivity index (χ0) is 29.5. The number of para-hydroxylation sites is 1. The fourth-order valence-corrected chi connectivity index (χ4v) is 5.79. The van der Waals surface area contributed by atoms with E-state index < -0.39 is 29.0 Å². The van der Waals surface area contributed by atoms with Crippen molar-refractivity contribution in [2.75, 3.05) is 36.5 Å². The smallest absolute Gasteiger partial charge is 0.410 e. The molecule has 216 valence electrons. The summed E-state index contributed by atoms with van der Waals surface area (Å²) < 4.78 is 11.9. The highest BCUT2D eigenvalue weighted by Crippen LogP contribution is 2.40. The number of ether oxygens (including phenoxy) is 1. The Labute approximate surface area is 245 Å². The highest BCUT2D eigenvalue weighted by atomic mass is 79.9. The lowest BCUT2D eigenvalue weighted by atomic mass is 9.85. The minimum absolute atomic E-state index is 0.158. The molecular weight excluding hydrogens is 594 g/mol. The molecule has 3 heterocycles. The second-order valence-electron chi connectivity index (χ2n) is 11.3. The molecule has 0 atom stereocenters. The first-order chi connectivity index (χ1) is 19.4. The second kappa shape index (κ2) is 10.7. The Hall–Kier alpha value is -4.06. The molecule has 0 radical (unpaired) electrons. The number of fused-ring (bicyclic) bond motifs is 1. The van der Waals surface area contributed by atoms with Gasteiger partial charge in [-0.2, -0.15) is 0 Å². The van der Waals surface area contributed by atoms with E-state index in [1.54, 1.807) is 23.1 Å². The van der Waals surface area contributed by atoms with Crippen LogP contribution in [0.1, 0.15) is 44.2 Å². The van der Waals surface area contributed by atoms with Crippen LogP contribution in [0.5, 0.6) is 0 Å². The number of nitrogens with zero attached hydrogens (tertiary/aromatic N) is 3. The van der Waals surface area contributed by atoms with Gasteiger partial charge in [-0.3, -0.25) is 14.4 Å². The molecule has 1 spiro atoms. The Morgan fingerprint density at radius 1 is 1.10 bits per heavy atom. The van der Waals surface area contributed by atoms with E-state index in [1.165, 1.54) is 4.90 Å². The molecule has 2 aliphatic rings. The number of hydrogen-bond acceptors (Lipinski definition) is 7. The Morgan fingerprint density at radius 3 is 2.41 bits per heavy atom. The van der Waals surface area contributed by atoms with Gasteiger partial charge < -0.3 is 34.9 Å². The van der Waals surface area contributed by atoms with Gasteiger partial charge in [-0.25, -0.2) is 4.79 Å². The minimum Gasteiger partial charge on any atom is -0.449 e. The van der Waals surface area contributed by atoms with Crippen LogP contribution in [0.25, 0.3) is 11.0 Å². The van der Waals surface area contributed by atoms with Crippen molar-refractivity contribution in [3.8, 4) is 0 Å². The van der Waals surface area contributed by atoms with Crippen LogP contribution in [-0.2, 0) is 14.3 Å². The van der Waals surface area contributed by atoms with Gasteiger partial charge in [0.1, 0.15) is 29.0 Å². The minimum atomic E-state index is -0.925.